The van der Waals surface area contributed by atoms with Crippen molar-refractivity contribution in [2.45, 2.75) is 57.9 Å². The number of amides is 3. The topological polar surface area (TPSA) is 122 Å². The van der Waals surface area contributed by atoms with Gasteiger partial charge in [0.15, 0.2) is 0 Å². The number of primary amides is 1. The Morgan fingerprint density at radius 3 is 2.38 bits per heavy atom. The van der Waals surface area contributed by atoms with Crippen molar-refractivity contribution in [3.63, 3.8) is 0 Å². The number of hydrogen-bond acceptors (Lipinski definition) is 3. The van der Waals surface area contributed by atoms with Crippen molar-refractivity contribution in [2.24, 2.45) is 11.1 Å². The summed E-state index contributed by atoms with van der Waals surface area (Å²) >= 11 is 0. The van der Waals surface area contributed by atoms with Crippen molar-refractivity contribution in [2.75, 3.05) is 6.54 Å². The third-order valence-electron chi connectivity index (χ3n) is 4.32. The molecule has 0 bridgehead atoms. The van der Waals surface area contributed by atoms with Crippen LogP contribution in [0.2, 0.25) is 0 Å². The van der Waals surface area contributed by atoms with Gasteiger partial charge >= 0.3 is 12.0 Å². The van der Waals surface area contributed by atoms with Gasteiger partial charge in [-0.25, -0.2) is 9.59 Å². The molecule has 0 radical (unpaired) electrons. The minimum Gasteiger partial charge on any atom is -0.480 e. The van der Waals surface area contributed by atoms with Gasteiger partial charge in [-0.05, 0) is 31.1 Å². The molecule has 7 heteroatoms. The van der Waals surface area contributed by atoms with E-state index in [-0.39, 0.29) is 18.3 Å². The summed E-state index contributed by atoms with van der Waals surface area (Å²) in [6.07, 6.45) is 5.45. The maximum Gasteiger partial charge on any atom is 0.326 e. The van der Waals surface area contributed by atoms with Crippen LogP contribution in [0.3, 0.4) is 0 Å². The Balaban J connectivity index is 2.42. The molecule has 0 spiro atoms. The maximum atomic E-state index is 11.8. The van der Waals surface area contributed by atoms with Crippen molar-refractivity contribution < 1.29 is 19.5 Å². The molecule has 0 aromatic rings. The van der Waals surface area contributed by atoms with E-state index in [1.54, 1.807) is 0 Å². The van der Waals surface area contributed by atoms with Crippen LogP contribution in [0.25, 0.3) is 0 Å². The predicted molar refractivity (Wildman–Crippen MR) is 77.6 cm³/mol. The summed E-state index contributed by atoms with van der Waals surface area (Å²) in [4.78, 5) is 33.5. The van der Waals surface area contributed by atoms with Crippen molar-refractivity contribution in [1.29, 1.82) is 0 Å². The van der Waals surface area contributed by atoms with Crippen molar-refractivity contribution in [3.8, 4) is 0 Å². The van der Waals surface area contributed by atoms with Crippen LogP contribution < -0.4 is 16.4 Å². The molecule has 0 unspecified atom stereocenters. The van der Waals surface area contributed by atoms with E-state index >= 15 is 0 Å². The number of urea groups is 1. The van der Waals surface area contributed by atoms with E-state index in [1.807, 2.05) is 0 Å². The first-order valence-electron chi connectivity index (χ1n) is 7.44. The molecule has 0 aromatic heterocycles. The Kier molecular flexibility index (Phi) is 6.45. The highest BCUT2D eigenvalue weighted by atomic mass is 16.4. The second kappa shape index (κ2) is 7.85. The average Bonchev–Trinajstić information content (AvgIpc) is 2.90. The van der Waals surface area contributed by atoms with Crippen LogP contribution in [0.5, 0.6) is 0 Å². The molecule has 120 valence electrons. The van der Waals surface area contributed by atoms with Crippen LogP contribution in [-0.2, 0) is 9.59 Å². The normalized spacial score (nSPS) is 18.0. The summed E-state index contributed by atoms with van der Waals surface area (Å²) < 4.78 is 0. The standard InChI is InChI=1S/C14H25N3O4/c1-2-14(7-3-4-8-14)9-16-13(21)17-10(12(19)20)5-6-11(15)18/h10H,2-9H2,1H3,(H2,15,18)(H,19,20)(H2,16,17,21)/t10-/m1/s1. The van der Waals surface area contributed by atoms with Gasteiger partial charge in [0.25, 0.3) is 0 Å². The summed E-state index contributed by atoms with van der Waals surface area (Å²) in [5, 5.41) is 14.2. The van der Waals surface area contributed by atoms with Crippen LogP contribution in [0.15, 0.2) is 0 Å². The lowest BCUT2D eigenvalue weighted by Crippen LogP contribution is -2.48. The number of rotatable bonds is 8. The summed E-state index contributed by atoms with van der Waals surface area (Å²) in [6.45, 7) is 2.66. The summed E-state index contributed by atoms with van der Waals surface area (Å²) in [5.74, 6) is -1.75. The van der Waals surface area contributed by atoms with Crippen molar-refractivity contribution in [1.82, 2.24) is 10.6 Å². The monoisotopic (exact) mass is 299 g/mol. The van der Waals surface area contributed by atoms with Crippen LogP contribution >= 0.6 is 0 Å². The Morgan fingerprint density at radius 2 is 1.90 bits per heavy atom. The van der Waals surface area contributed by atoms with Gasteiger partial charge in [0.1, 0.15) is 6.04 Å². The Bertz CT molecular complexity index is 392. The molecule has 1 saturated carbocycles. The number of carboxylic acid groups (broad SMARTS) is 1. The van der Waals surface area contributed by atoms with E-state index in [0.29, 0.717) is 6.54 Å². The van der Waals surface area contributed by atoms with E-state index in [9.17, 15) is 14.4 Å². The second-order valence-corrected chi connectivity index (χ2v) is 5.78. The molecule has 0 aromatic carbocycles. The number of carbonyl (C=O) groups is 3. The zero-order valence-corrected chi connectivity index (χ0v) is 12.5. The van der Waals surface area contributed by atoms with Crippen molar-refractivity contribution >= 4 is 17.9 Å². The molecule has 0 saturated heterocycles. The third kappa shape index (κ3) is 5.61. The molecule has 1 rings (SSSR count). The minimum absolute atomic E-state index is 0.00297. The number of nitrogens with one attached hydrogen (secondary N) is 2. The van der Waals surface area contributed by atoms with Gasteiger partial charge in [-0.2, -0.15) is 0 Å². The molecule has 21 heavy (non-hydrogen) atoms. The Hall–Kier alpha value is -1.79. The van der Waals surface area contributed by atoms with E-state index < -0.39 is 23.9 Å². The SMILES string of the molecule is CCC1(CNC(=O)N[C@H](CCC(N)=O)C(=O)O)CCCC1. The fourth-order valence-corrected chi connectivity index (χ4v) is 2.80. The molecule has 7 nitrogen and oxygen atoms in total. The van der Waals surface area contributed by atoms with Gasteiger partial charge in [-0.15, -0.1) is 0 Å². The van der Waals surface area contributed by atoms with Gasteiger partial charge in [0, 0.05) is 13.0 Å². The number of carboxylic acids is 1. The molecular weight excluding hydrogens is 274 g/mol. The first-order valence-corrected chi connectivity index (χ1v) is 7.44. The Morgan fingerprint density at radius 1 is 1.29 bits per heavy atom. The van der Waals surface area contributed by atoms with Crippen LogP contribution in [-0.4, -0.2) is 35.6 Å². The first kappa shape index (κ1) is 17.3. The zero-order chi connectivity index (χ0) is 15.9. The summed E-state index contributed by atoms with van der Waals surface area (Å²) in [5.41, 5.74) is 5.13. The zero-order valence-electron chi connectivity index (χ0n) is 12.5. The molecular formula is C14H25N3O4. The molecule has 1 aliphatic carbocycles. The van der Waals surface area contributed by atoms with Gasteiger partial charge in [0.05, 0.1) is 0 Å². The fraction of sp³-hybridized carbons (Fsp3) is 0.786. The molecule has 1 atom stereocenters. The van der Waals surface area contributed by atoms with E-state index in [0.717, 1.165) is 19.3 Å². The van der Waals surface area contributed by atoms with Crippen LogP contribution in [0.1, 0.15) is 51.9 Å². The molecule has 1 fully saturated rings. The van der Waals surface area contributed by atoms with Gasteiger partial charge in [0.2, 0.25) is 5.91 Å². The lowest BCUT2D eigenvalue weighted by Gasteiger charge is -2.28. The molecule has 1 aliphatic rings. The second-order valence-electron chi connectivity index (χ2n) is 5.78. The highest BCUT2D eigenvalue weighted by Gasteiger charge is 2.32. The Labute approximate surface area is 124 Å². The van der Waals surface area contributed by atoms with E-state index in [4.69, 9.17) is 10.8 Å². The van der Waals surface area contributed by atoms with Crippen LogP contribution in [0.4, 0.5) is 4.79 Å². The highest BCUT2D eigenvalue weighted by Crippen LogP contribution is 2.40. The molecule has 0 heterocycles. The maximum absolute atomic E-state index is 11.8. The van der Waals surface area contributed by atoms with Gasteiger partial charge in [-0.1, -0.05) is 19.8 Å². The smallest absolute Gasteiger partial charge is 0.326 e. The lowest BCUT2D eigenvalue weighted by atomic mass is 9.83. The predicted octanol–water partition coefficient (Wildman–Crippen LogP) is 0.975. The van der Waals surface area contributed by atoms with E-state index in [1.165, 1.54) is 12.8 Å². The highest BCUT2D eigenvalue weighted by molar-refractivity contribution is 5.83. The fourth-order valence-electron chi connectivity index (χ4n) is 2.80. The van der Waals surface area contributed by atoms with Crippen molar-refractivity contribution in [3.05, 3.63) is 0 Å². The summed E-state index contributed by atoms with van der Waals surface area (Å²) in [6, 6.07) is -1.61. The third-order valence-corrected chi connectivity index (χ3v) is 4.32. The molecule has 3 amide bonds. The summed E-state index contributed by atoms with van der Waals surface area (Å²) in [7, 11) is 0. The molecule has 5 N–H and O–H groups in total. The number of hydrogen-bond donors (Lipinski definition) is 4. The van der Waals surface area contributed by atoms with Gasteiger partial charge < -0.3 is 21.5 Å². The van der Waals surface area contributed by atoms with Gasteiger partial charge in [-0.3, -0.25) is 4.79 Å². The van der Waals surface area contributed by atoms with Crippen LogP contribution in [0, 0.1) is 5.41 Å². The quantitative estimate of drug-likeness (QED) is 0.533. The number of aliphatic carboxylic acids is 1. The minimum atomic E-state index is -1.17. The molecule has 0 aliphatic heterocycles. The average molecular weight is 299 g/mol. The largest absolute Gasteiger partial charge is 0.480 e. The number of carbonyl (C=O) groups excluding carboxylic acids is 2. The number of nitrogens with two attached hydrogens (primary N) is 1. The van der Waals surface area contributed by atoms with E-state index in [2.05, 4.69) is 17.6 Å². The first-order chi connectivity index (χ1) is 9.88. The lowest BCUT2D eigenvalue weighted by molar-refractivity contribution is -0.139.